The molecule has 0 unspecified atom stereocenters. The van der Waals surface area contributed by atoms with Gasteiger partial charge in [-0.25, -0.2) is 0 Å². The van der Waals surface area contributed by atoms with Gasteiger partial charge < -0.3 is 14.5 Å². The second kappa shape index (κ2) is 4.52. The van der Waals surface area contributed by atoms with Crippen molar-refractivity contribution in [1.82, 2.24) is 15.0 Å². The largest absolute Gasteiger partial charge is 0.481 e. The van der Waals surface area contributed by atoms with Gasteiger partial charge in [0.15, 0.2) is 0 Å². The van der Waals surface area contributed by atoms with Gasteiger partial charge in [-0.1, -0.05) is 5.16 Å². The van der Waals surface area contributed by atoms with Crippen molar-refractivity contribution in [3.8, 4) is 0 Å². The minimum Gasteiger partial charge on any atom is -0.481 e. The summed E-state index contributed by atoms with van der Waals surface area (Å²) in [6.45, 7) is 2.35. The maximum absolute atomic E-state index is 11.9. The number of carboxylic acid groups (broad SMARTS) is 1. The lowest BCUT2D eigenvalue weighted by atomic mass is 9.98. The zero-order valence-electron chi connectivity index (χ0n) is 9.42. The van der Waals surface area contributed by atoms with Crippen molar-refractivity contribution >= 4 is 11.9 Å². The Morgan fingerprint density at radius 2 is 2.29 bits per heavy atom. The first-order valence-electron chi connectivity index (χ1n) is 5.40. The van der Waals surface area contributed by atoms with E-state index in [2.05, 4.69) is 10.1 Å². The maximum atomic E-state index is 11.9. The fourth-order valence-corrected chi connectivity index (χ4v) is 1.89. The van der Waals surface area contributed by atoms with Crippen LogP contribution in [0, 0.1) is 12.8 Å². The highest BCUT2D eigenvalue weighted by Crippen LogP contribution is 2.18. The maximum Gasteiger partial charge on any atom is 0.308 e. The monoisotopic (exact) mass is 239 g/mol. The van der Waals surface area contributed by atoms with Crippen LogP contribution < -0.4 is 0 Å². The number of rotatable bonds is 2. The highest BCUT2D eigenvalue weighted by atomic mass is 16.5. The summed E-state index contributed by atoms with van der Waals surface area (Å²) >= 11 is 0. The molecule has 7 nitrogen and oxygen atoms in total. The summed E-state index contributed by atoms with van der Waals surface area (Å²) in [4.78, 5) is 28.1. The predicted molar refractivity (Wildman–Crippen MR) is 55.3 cm³/mol. The number of hydrogen-bond donors (Lipinski definition) is 1. The van der Waals surface area contributed by atoms with Crippen LogP contribution in [0.1, 0.15) is 29.4 Å². The summed E-state index contributed by atoms with van der Waals surface area (Å²) < 4.78 is 4.73. The van der Waals surface area contributed by atoms with Crippen molar-refractivity contribution in [3.05, 3.63) is 11.7 Å². The summed E-state index contributed by atoms with van der Waals surface area (Å²) in [5.41, 5.74) is 0. The van der Waals surface area contributed by atoms with Crippen LogP contribution in [0.2, 0.25) is 0 Å². The molecule has 2 heterocycles. The molecule has 17 heavy (non-hydrogen) atoms. The first-order chi connectivity index (χ1) is 8.08. The van der Waals surface area contributed by atoms with E-state index in [-0.39, 0.29) is 18.3 Å². The lowest BCUT2D eigenvalue weighted by Crippen LogP contribution is -2.42. The van der Waals surface area contributed by atoms with Crippen molar-refractivity contribution in [2.24, 2.45) is 5.92 Å². The summed E-state index contributed by atoms with van der Waals surface area (Å²) in [6, 6.07) is 0. The number of amides is 1. The number of aryl methyl sites for hydroxylation is 1. The standard InChI is InChI=1S/C10H13N3O4/c1-6-11-8(12-17-6)9(14)13-4-2-3-7(5-13)10(15)16/h7H,2-5H2,1H3,(H,15,16)/t7-/m1/s1. The van der Waals surface area contributed by atoms with Gasteiger partial charge in [0.25, 0.3) is 11.7 Å². The summed E-state index contributed by atoms with van der Waals surface area (Å²) in [5.74, 6) is -1.42. The molecule has 1 aromatic heterocycles. The number of carboxylic acids is 1. The lowest BCUT2D eigenvalue weighted by Gasteiger charge is -2.29. The SMILES string of the molecule is Cc1nc(C(=O)N2CCC[C@@H](C(=O)O)C2)no1. The predicted octanol–water partition coefficient (Wildman–Crippen LogP) is 0.315. The van der Waals surface area contributed by atoms with Crippen molar-refractivity contribution in [3.63, 3.8) is 0 Å². The summed E-state index contributed by atoms with van der Waals surface area (Å²) in [6.07, 6.45) is 1.28. The van der Waals surface area contributed by atoms with Crippen molar-refractivity contribution < 1.29 is 19.2 Å². The molecule has 1 aliphatic rings. The molecule has 1 saturated heterocycles. The van der Waals surface area contributed by atoms with E-state index in [0.29, 0.717) is 25.3 Å². The molecule has 0 bridgehead atoms. The van der Waals surface area contributed by atoms with Crippen molar-refractivity contribution in [2.45, 2.75) is 19.8 Å². The Labute approximate surface area is 97.4 Å². The third kappa shape index (κ3) is 2.43. The van der Waals surface area contributed by atoms with Crippen LogP contribution in [0.3, 0.4) is 0 Å². The molecule has 1 fully saturated rings. The topological polar surface area (TPSA) is 96.5 Å². The Morgan fingerprint density at radius 3 is 2.88 bits per heavy atom. The molecule has 7 heteroatoms. The van der Waals surface area contributed by atoms with Crippen molar-refractivity contribution in [2.75, 3.05) is 13.1 Å². The quantitative estimate of drug-likeness (QED) is 0.798. The molecule has 92 valence electrons. The summed E-state index contributed by atoms with van der Waals surface area (Å²) in [7, 11) is 0. The van der Waals surface area contributed by atoms with E-state index < -0.39 is 11.9 Å². The van der Waals surface area contributed by atoms with Crippen LogP contribution in [0.25, 0.3) is 0 Å². The number of carbonyl (C=O) groups excluding carboxylic acids is 1. The number of likely N-dealkylation sites (tertiary alicyclic amines) is 1. The Balaban J connectivity index is 2.07. The van der Waals surface area contributed by atoms with Crippen LogP contribution in [0.5, 0.6) is 0 Å². The second-order valence-corrected chi connectivity index (χ2v) is 4.07. The fraction of sp³-hybridized carbons (Fsp3) is 0.600. The lowest BCUT2D eigenvalue weighted by molar-refractivity contribution is -0.143. The smallest absolute Gasteiger partial charge is 0.308 e. The van der Waals surface area contributed by atoms with E-state index in [9.17, 15) is 9.59 Å². The van der Waals surface area contributed by atoms with Gasteiger partial charge in [-0.3, -0.25) is 9.59 Å². The number of aliphatic carboxylic acids is 1. The molecule has 0 saturated carbocycles. The first-order valence-corrected chi connectivity index (χ1v) is 5.40. The zero-order valence-corrected chi connectivity index (χ0v) is 9.42. The first kappa shape index (κ1) is 11.6. The zero-order chi connectivity index (χ0) is 12.4. The minimum atomic E-state index is -0.869. The molecule has 0 radical (unpaired) electrons. The Hall–Kier alpha value is -1.92. The summed E-state index contributed by atoms with van der Waals surface area (Å²) in [5, 5.41) is 12.5. The van der Waals surface area contributed by atoms with Crippen LogP contribution >= 0.6 is 0 Å². The van der Waals surface area contributed by atoms with Gasteiger partial charge in [0.2, 0.25) is 5.89 Å². The molecule has 0 aromatic carbocycles. The van der Waals surface area contributed by atoms with Gasteiger partial charge in [-0.15, -0.1) is 0 Å². The molecule has 0 spiro atoms. The van der Waals surface area contributed by atoms with Crippen LogP contribution in [0.4, 0.5) is 0 Å². The minimum absolute atomic E-state index is 0.00598. The van der Waals surface area contributed by atoms with E-state index in [0.717, 1.165) is 0 Å². The Morgan fingerprint density at radius 1 is 1.53 bits per heavy atom. The second-order valence-electron chi connectivity index (χ2n) is 4.07. The third-order valence-corrected chi connectivity index (χ3v) is 2.78. The van der Waals surface area contributed by atoms with Crippen LogP contribution in [0.15, 0.2) is 4.52 Å². The molecule has 1 amide bonds. The average molecular weight is 239 g/mol. The molecule has 1 aromatic rings. The van der Waals surface area contributed by atoms with Gasteiger partial charge in [0, 0.05) is 20.0 Å². The highest BCUT2D eigenvalue weighted by Gasteiger charge is 2.30. The number of nitrogens with zero attached hydrogens (tertiary/aromatic N) is 3. The third-order valence-electron chi connectivity index (χ3n) is 2.78. The van der Waals surface area contributed by atoms with E-state index in [1.165, 1.54) is 4.90 Å². The average Bonchev–Trinajstić information content (AvgIpc) is 2.75. The van der Waals surface area contributed by atoms with Gasteiger partial charge >= 0.3 is 5.97 Å². The number of aromatic nitrogens is 2. The van der Waals surface area contributed by atoms with E-state index in [4.69, 9.17) is 9.63 Å². The Kier molecular flexibility index (Phi) is 3.08. The highest BCUT2D eigenvalue weighted by molar-refractivity contribution is 5.90. The van der Waals surface area contributed by atoms with Gasteiger partial charge in [0.1, 0.15) is 0 Å². The normalized spacial score (nSPS) is 20.3. The Bertz CT molecular complexity index is 443. The van der Waals surface area contributed by atoms with Crippen molar-refractivity contribution in [1.29, 1.82) is 0 Å². The number of hydrogen-bond acceptors (Lipinski definition) is 5. The van der Waals surface area contributed by atoms with E-state index >= 15 is 0 Å². The van der Waals surface area contributed by atoms with Crippen LogP contribution in [-0.4, -0.2) is 45.1 Å². The van der Waals surface area contributed by atoms with E-state index in [1.54, 1.807) is 6.92 Å². The van der Waals surface area contributed by atoms with Crippen LogP contribution in [-0.2, 0) is 4.79 Å². The molecular formula is C10H13N3O4. The number of carbonyl (C=O) groups is 2. The van der Waals surface area contributed by atoms with Gasteiger partial charge in [0.05, 0.1) is 5.92 Å². The van der Waals surface area contributed by atoms with E-state index in [1.807, 2.05) is 0 Å². The molecule has 1 aliphatic heterocycles. The molecular weight excluding hydrogens is 226 g/mol. The fourth-order valence-electron chi connectivity index (χ4n) is 1.89. The number of piperidine rings is 1. The molecule has 1 N–H and O–H groups in total. The van der Waals surface area contributed by atoms with Gasteiger partial charge in [-0.05, 0) is 12.8 Å². The molecule has 0 aliphatic carbocycles. The molecule has 1 atom stereocenters. The molecule has 2 rings (SSSR count). The van der Waals surface area contributed by atoms with Gasteiger partial charge in [-0.2, -0.15) is 4.98 Å².